The molecule has 2 nitrogen and oxygen atoms in total. The minimum absolute atomic E-state index is 0.919. The molecular weight excluding hydrogens is 148 g/mol. The van der Waals surface area contributed by atoms with E-state index in [9.17, 15) is 0 Å². The van der Waals surface area contributed by atoms with Crippen LogP contribution in [0.2, 0.25) is 0 Å². The topological polar surface area (TPSA) is 16.1 Å². The smallest absolute Gasteiger partial charge is 0.0271 e. The van der Waals surface area contributed by atoms with E-state index in [1.54, 1.807) is 0 Å². The molecule has 0 aromatic carbocycles. The third kappa shape index (κ3) is 2.84. The Bertz CT molecular complexity index is 231. The highest BCUT2D eigenvalue weighted by molar-refractivity contribution is 5.09. The molecule has 64 valence electrons. The summed E-state index contributed by atoms with van der Waals surface area (Å²) in [5.41, 5.74) is 1.29. The zero-order valence-electron chi connectivity index (χ0n) is 7.40. The SMILES string of the molecule is C=CCN(C)Cc1ccncc1. The highest BCUT2D eigenvalue weighted by atomic mass is 15.1. The van der Waals surface area contributed by atoms with Crippen LogP contribution in [0.25, 0.3) is 0 Å². The van der Waals surface area contributed by atoms with Crippen molar-refractivity contribution in [3.05, 3.63) is 42.7 Å². The van der Waals surface area contributed by atoms with Crippen molar-refractivity contribution in [2.24, 2.45) is 0 Å². The van der Waals surface area contributed by atoms with E-state index in [2.05, 4.69) is 23.5 Å². The van der Waals surface area contributed by atoms with Crippen molar-refractivity contribution in [1.29, 1.82) is 0 Å². The van der Waals surface area contributed by atoms with Gasteiger partial charge in [0.05, 0.1) is 0 Å². The van der Waals surface area contributed by atoms with Gasteiger partial charge in [-0.2, -0.15) is 0 Å². The molecule has 0 aliphatic heterocycles. The summed E-state index contributed by atoms with van der Waals surface area (Å²) >= 11 is 0. The standard InChI is InChI=1S/C10H14N2/c1-3-8-12(2)9-10-4-6-11-7-5-10/h3-7H,1,8-9H2,2H3. The monoisotopic (exact) mass is 162 g/mol. The molecule has 0 spiro atoms. The molecule has 1 rings (SSSR count). The summed E-state index contributed by atoms with van der Waals surface area (Å²) in [6.45, 7) is 5.56. The number of hydrogen-bond donors (Lipinski definition) is 0. The minimum atomic E-state index is 0.919. The average Bonchev–Trinajstić information content (AvgIpc) is 2.06. The third-order valence-electron chi connectivity index (χ3n) is 1.64. The second-order valence-corrected chi connectivity index (χ2v) is 2.84. The Kier molecular flexibility index (Phi) is 3.48. The Morgan fingerprint density at radius 1 is 1.50 bits per heavy atom. The predicted molar refractivity (Wildman–Crippen MR) is 50.8 cm³/mol. The fraction of sp³-hybridized carbons (Fsp3) is 0.300. The Labute approximate surface area is 73.5 Å². The first-order valence-corrected chi connectivity index (χ1v) is 4.01. The highest BCUT2D eigenvalue weighted by Gasteiger charge is 1.95. The van der Waals surface area contributed by atoms with Gasteiger partial charge in [-0.3, -0.25) is 9.88 Å². The average molecular weight is 162 g/mol. The summed E-state index contributed by atoms with van der Waals surface area (Å²) in [5.74, 6) is 0. The van der Waals surface area contributed by atoms with Crippen LogP contribution in [0, 0.1) is 0 Å². The van der Waals surface area contributed by atoms with Crippen molar-refractivity contribution in [3.8, 4) is 0 Å². The van der Waals surface area contributed by atoms with E-state index in [0.717, 1.165) is 13.1 Å². The van der Waals surface area contributed by atoms with Gasteiger partial charge in [0.15, 0.2) is 0 Å². The minimum Gasteiger partial charge on any atom is -0.298 e. The number of hydrogen-bond acceptors (Lipinski definition) is 2. The van der Waals surface area contributed by atoms with E-state index in [1.165, 1.54) is 5.56 Å². The molecule has 1 heterocycles. The fourth-order valence-electron chi connectivity index (χ4n) is 1.08. The first-order chi connectivity index (χ1) is 5.83. The maximum absolute atomic E-state index is 3.96. The van der Waals surface area contributed by atoms with E-state index >= 15 is 0 Å². The molecule has 0 saturated heterocycles. The molecule has 0 N–H and O–H groups in total. The summed E-state index contributed by atoms with van der Waals surface area (Å²) in [4.78, 5) is 6.16. The number of nitrogens with zero attached hydrogens (tertiary/aromatic N) is 2. The molecule has 0 aliphatic carbocycles. The molecule has 0 unspecified atom stereocenters. The molecule has 0 fully saturated rings. The maximum Gasteiger partial charge on any atom is 0.0271 e. The van der Waals surface area contributed by atoms with Crippen LogP contribution in [-0.4, -0.2) is 23.5 Å². The van der Waals surface area contributed by atoms with Gasteiger partial charge in [0, 0.05) is 25.5 Å². The van der Waals surface area contributed by atoms with Crippen LogP contribution in [-0.2, 0) is 6.54 Å². The maximum atomic E-state index is 3.96. The summed E-state index contributed by atoms with van der Waals surface area (Å²) in [6.07, 6.45) is 5.54. The molecule has 2 heteroatoms. The molecule has 0 saturated carbocycles. The van der Waals surface area contributed by atoms with E-state index in [4.69, 9.17) is 0 Å². The van der Waals surface area contributed by atoms with E-state index in [-0.39, 0.29) is 0 Å². The van der Waals surface area contributed by atoms with Crippen LogP contribution in [0.5, 0.6) is 0 Å². The molecule has 12 heavy (non-hydrogen) atoms. The molecule has 0 radical (unpaired) electrons. The Hall–Kier alpha value is -1.15. The molecule has 0 amide bonds. The van der Waals surface area contributed by atoms with Gasteiger partial charge in [-0.25, -0.2) is 0 Å². The molecule has 1 aromatic rings. The summed E-state index contributed by atoms with van der Waals surface area (Å²) in [7, 11) is 2.07. The Morgan fingerprint density at radius 2 is 2.17 bits per heavy atom. The van der Waals surface area contributed by atoms with E-state index in [0.29, 0.717) is 0 Å². The van der Waals surface area contributed by atoms with E-state index < -0.39 is 0 Å². The quantitative estimate of drug-likeness (QED) is 0.626. The molecule has 0 bridgehead atoms. The van der Waals surface area contributed by atoms with Crippen molar-refractivity contribution in [2.45, 2.75) is 6.54 Å². The van der Waals surface area contributed by atoms with Gasteiger partial charge in [0.2, 0.25) is 0 Å². The van der Waals surface area contributed by atoms with Gasteiger partial charge in [-0.15, -0.1) is 6.58 Å². The molecular formula is C10H14N2. The predicted octanol–water partition coefficient (Wildman–Crippen LogP) is 1.70. The van der Waals surface area contributed by atoms with Crippen LogP contribution in [0.15, 0.2) is 37.2 Å². The first kappa shape index (κ1) is 8.94. The lowest BCUT2D eigenvalue weighted by atomic mass is 10.2. The summed E-state index contributed by atoms with van der Waals surface area (Å²) in [6, 6.07) is 4.05. The fourth-order valence-corrected chi connectivity index (χ4v) is 1.08. The first-order valence-electron chi connectivity index (χ1n) is 4.01. The van der Waals surface area contributed by atoms with Crippen LogP contribution < -0.4 is 0 Å². The Morgan fingerprint density at radius 3 is 2.75 bits per heavy atom. The highest BCUT2D eigenvalue weighted by Crippen LogP contribution is 1.99. The molecule has 0 atom stereocenters. The number of aromatic nitrogens is 1. The van der Waals surface area contributed by atoms with Crippen molar-refractivity contribution < 1.29 is 0 Å². The zero-order chi connectivity index (χ0) is 8.81. The van der Waals surface area contributed by atoms with E-state index in [1.807, 2.05) is 30.6 Å². The van der Waals surface area contributed by atoms with Crippen LogP contribution in [0.1, 0.15) is 5.56 Å². The van der Waals surface area contributed by atoms with Gasteiger partial charge in [0.25, 0.3) is 0 Å². The number of likely N-dealkylation sites (N-methyl/N-ethyl adjacent to an activating group) is 1. The van der Waals surface area contributed by atoms with Crippen molar-refractivity contribution in [1.82, 2.24) is 9.88 Å². The number of pyridine rings is 1. The van der Waals surface area contributed by atoms with Crippen molar-refractivity contribution in [2.75, 3.05) is 13.6 Å². The zero-order valence-corrected chi connectivity index (χ0v) is 7.40. The largest absolute Gasteiger partial charge is 0.298 e. The lowest BCUT2D eigenvalue weighted by molar-refractivity contribution is 0.363. The summed E-state index contributed by atoms with van der Waals surface area (Å²) in [5, 5.41) is 0. The normalized spacial score (nSPS) is 10.2. The second kappa shape index (κ2) is 4.67. The lowest BCUT2D eigenvalue weighted by Crippen LogP contribution is -2.17. The third-order valence-corrected chi connectivity index (χ3v) is 1.64. The van der Waals surface area contributed by atoms with Crippen molar-refractivity contribution in [3.63, 3.8) is 0 Å². The second-order valence-electron chi connectivity index (χ2n) is 2.84. The van der Waals surface area contributed by atoms with Crippen molar-refractivity contribution >= 4 is 0 Å². The molecule has 0 aliphatic rings. The number of rotatable bonds is 4. The van der Waals surface area contributed by atoms with Crippen LogP contribution in [0.4, 0.5) is 0 Å². The molecule has 1 aromatic heterocycles. The van der Waals surface area contributed by atoms with Gasteiger partial charge in [-0.1, -0.05) is 6.08 Å². The van der Waals surface area contributed by atoms with Gasteiger partial charge >= 0.3 is 0 Å². The Balaban J connectivity index is 2.46. The lowest BCUT2D eigenvalue weighted by Gasteiger charge is -2.13. The van der Waals surface area contributed by atoms with Gasteiger partial charge in [0.1, 0.15) is 0 Å². The van der Waals surface area contributed by atoms with Crippen LogP contribution in [0.3, 0.4) is 0 Å². The van der Waals surface area contributed by atoms with Gasteiger partial charge in [-0.05, 0) is 24.7 Å². The van der Waals surface area contributed by atoms with Gasteiger partial charge < -0.3 is 0 Å². The summed E-state index contributed by atoms with van der Waals surface area (Å²) < 4.78 is 0. The van der Waals surface area contributed by atoms with Crippen LogP contribution >= 0.6 is 0 Å².